The van der Waals surface area contributed by atoms with Gasteiger partial charge in [-0.15, -0.1) is 11.3 Å². The fourth-order valence-corrected chi connectivity index (χ4v) is 4.08. The van der Waals surface area contributed by atoms with Crippen LogP contribution in [-0.2, 0) is 11.3 Å². The minimum atomic E-state index is 0.0439. The molecule has 1 fully saturated rings. The minimum Gasteiger partial charge on any atom is -0.330 e. The highest BCUT2D eigenvalue weighted by molar-refractivity contribution is 7.13. The molecule has 4 nitrogen and oxygen atoms in total. The van der Waals surface area contributed by atoms with E-state index in [1.54, 1.807) is 11.3 Å². The van der Waals surface area contributed by atoms with Gasteiger partial charge in [-0.25, -0.2) is 4.98 Å². The number of hydrogen-bond acceptors (Lipinski definition) is 4. The van der Waals surface area contributed by atoms with E-state index in [9.17, 15) is 4.79 Å². The summed E-state index contributed by atoms with van der Waals surface area (Å²) in [5, 5.41) is 0. The van der Waals surface area contributed by atoms with Gasteiger partial charge < -0.3 is 4.90 Å². The predicted molar refractivity (Wildman–Crippen MR) is 118 cm³/mol. The van der Waals surface area contributed by atoms with E-state index in [-0.39, 0.29) is 5.91 Å². The molecule has 3 rings (SSSR count). The molecule has 1 saturated carbocycles. The maximum atomic E-state index is 13.2. The van der Waals surface area contributed by atoms with Crippen LogP contribution >= 0.6 is 11.3 Å². The van der Waals surface area contributed by atoms with Crippen LogP contribution in [0.25, 0.3) is 10.4 Å². The van der Waals surface area contributed by atoms with Gasteiger partial charge >= 0.3 is 0 Å². The highest BCUT2D eigenvalue weighted by Gasteiger charge is 2.30. The lowest BCUT2D eigenvalue weighted by atomic mass is 9.90. The summed E-state index contributed by atoms with van der Waals surface area (Å²) in [7, 11) is 0. The molecule has 0 radical (unpaired) electrons. The van der Waals surface area contributed by atoms with Crippen LogP contribution < -0.4 is 0 Å². The zero-order valence-corrected chi connectivity index (χ0v) is 18.1. The molecule has 1 aliphatic carbocycles. The van der Waals surface area contributed by atoms with Gasteiger partial charge in [0.25, 0.3) is 5.91 Å². The third kappa shape index (κ3) is 4.58. The first-order valence-corrected chi connectivity index (χ1v) is 10.9. The van der Waals surface area contributed by atoms with E-state index in [1.165, 1.54) is 16.9 Å². The highest BCUT2D eigenvalue weighted by Crippen LogP contribution is 2.30. The van der Waals surface area contributed by atoms with Crippen LogP contribution in [0.3, 0.4) is 0 Å². The maximum absolute atomic E-state index is 13.2. The number of carbonyl (C=O) groups excluding carboxylic acids is 1. The van der Waals surface area contributed by atoms with Crippen molar-refractivity contribution in [3.8, 4) is 10.4 Å². The van der Waals surface area contributed by atoms with Crippen molar-refractivity contribution >= 4 is 23.0 Å². The van der Waals surface area contributed by atoms with Crippen LogP contribution in [0.2, 0.25) is 0 Å². The summed E-state index contributed by atoms with van der Waals surface area (Å²) < 4.78 is 0. The van der Waals surface area contributed by atoms with Crippen molar-refractivity contribution in [1.82, 2.24) is 9.88 Å². The van der Waals surface area contributed by atoms with Crippen molar-refractivity contribution in [3.05, 3.63) is 52.8 Å². The topological polar surface area (TPSA) is 45.6 Å². The summed E-state index contributed by atoms with van der Waals surface area (Å²) >= 11 is 1.66. The molecule has 1 aliphatic rings. The molecule has 148 valence electrons. The largest absolute Gasteiger partial charge is 0.330 e. The van der Waals surface area contributed by atoms with Gasteiger partial charge in [-0.1, -0.05) is 37.3 Å². The number of aliphatic imine (C=N–C) groups is 1. The molecule has 2 aromatic rings. The van der Waals surface area contributed by atoms with Gasteiger partial charge in [0.2, 0.25) is 0 Å². The van der Waals surface area contributed by atoms with Gasteiger partial charge in [0.05, 0.1) is 16.1 Å². The maximum Gasteiger partial charge on any atom is 0.272 e. The molecule has 0 atom stereocenters. The second-order valence-electron chi connectivity index (χ2n) is 7.36. The number of benzene rings is 1. The van der Waals surface area contributed by atoms with Crippen LogP contribution in [-0.4, -0.2) is 27.5 Å². The van der Waals surface area contributed by atoms with Gasteiger partial charge in [-0.3, -0.25) is 9.79 Å². The Kier molecular flexibility index (Phi) is 6.79. The lowest BCUT2D eigenvalue weighted by Gasteiger charge is -2.37. The summed E-state index contributed by atoms with van der Waals surface area (Å²) in [5.41, 5.74) is 6.82. The molecule has 1 amide bonds. The number of thiazole rings is 1. The summed E-state index contributed by atoms with van der Waals surface area (Å²) in [4.78, 5) is 25.3. The van der Waals surface area contributed by atoms with Gasteiger partial charge in [0, 0.05) is 18.3 Å². The zero-order chi connectivity index (χ0) is 20.1. The molecular formula is C23H29N3OS. The zero-order valence-electron chi connectivity index (χ0n) is 17.2. The van der Waals surface area contributed by atoms with E-state index in [0.29, 0.717) is 18.3 Å². The summed E-state index contributed by atoms with van der Waals surface area (Å²) in [6.07, 6.45) is 6.05. The number of amides is 1. The van der Waals surface area contributed by atoms with Crippen molar-refractivity contribution < 1.29 is 4.79 Å². The number of carbonyl (C=O) groups is 1. The quantitative estimate of drug-likeness (QED) is 0.441. The second-order valence-corrected chi connectivity index (χ2v) is 8.21. The number of allylic oxidation sites excluding steroid dienone is 1. The van der Waals surface area contributed by atoms with Gasteiger partial charge in [-0.05, 0) is 57.6 Å². The first-order chi connectivity index (χ1) is 13.5. The van der Waals surface area contributed by atoms with Crippen LogP contribution in [0.5, 0.6) is 0 Å². The highest BCUT2D eigenvalue weighted by atomic mass is 32.1. The van der Waals surface area contributed by atoms with Crippen molar-refractivity contribution in [2.75, 3.05) is 0 Å². The average molecular weight is 396 g/mol. The Morgan fingerprint density at radius 3 is 2.54 bits per heavy atom. The number of rotatable bonds is 7. The van der Waals surface area contributed by atoms with Crippen LogP contribution in [0, 0.1) is 6.92 Å². The Balaban J connectivity index is 1.79. The fourth-order valence-electron chi connectivity index (χ4n) is 3.27. The van der Waals surface area contributed by atoms with Crippen LogP contribution in [0.15, 0.2) is 46.5 Å². The average Bonchev–Trinajstić information content (AvgIpc) is 3.10. The minimum absolute atomic E-state index is 0.0439. The Hall–Kier alpha value is -2.27. The molecule has 28 heavy (non-hydrogen) atoms. The normalized spacial score (nSPS) is 15.4. The standard InChI is InChI=1S/C23H29N3OS/c1-5-16(3)25-21(6-2)23(27)26(20-8-7-9-20)14-18-10-12-19(13-11-18)22-17(4)24-15-28-22/h6,10-13,15,20H,5,7-9,14H2,1-4H3/b21-6-,25-16?. The van der Waals surface area contributed by atoms with E-state index in [0.717, 1.165) is 36.2 Å². The lowest BCUT2D eigenvalue weighted by molar-refractivity contribution is -0.131. The molecule has 5 heteroatoms. The number of nitrogens with zero attached hydrogens (tertiary/aromatic N) is 3. The predicted octanol–water partition coefficient (Wildman–Crippen LogP) is 5.77. The molecule has 0 N–H and O–H groups in total. The molecule has 0 unspecified atom stereocenters. The van der Waals surface area contributed by atoms with Gasteiger partial charge in [0.1, 0.15) is 5.70 Å². The first kappa shape index (κ1) is 20.5. The van der Waals surface area contributed by atoms with Gasteiger partial charge in [-0.2, -0.15) is 0 Å². The Bertz CT molecular complexity index is 876. The summed E-state index contributed by atoms with van der Waals surface area (Å²) in [6.45, 7) is 8.60. The third-order valence-electron chi connectivity index (χ3n) is 5.41. The molecule has 1 heterocycles. The second kappa shape index (κ2) is 9.28. The number of aromatic nitrogens is 1. The third-order valence-corrected chi connectivity index (χ3v) is 6.38. The Morgan fingerprint density at radius 1 is 1.32 bits per heavy atom. The fraction of sp³-hybridized carbons (Fsp3) is 0.435. The van der Waals surface area contributed by atoms with Crippen LogP contribution in [0.1, 0.15) is 57.7 Å². The number of aryl methyl sites for hydroxylation is 1. The van der Waals surface area contributed by atoms with Crippen molar-refractivity contribution in [2.45, 2.75) is 66.0 Å². The summed E-state index contributed by atoms with van der Waals surface area (Å²) in [5.74, 6) is 0.0439. The SMILES string of the molecule is C/C=C(\N=C(C)CC)C(=O)N(Cc1ccc(-c2scnc2C)cc1)C1CCC1. The monoisotopic (exact) mass is 395 g/mol. The van der Waals surface area contributed by atoms with E-state index in [1.807, 2.05) is 37.3 Å². The number of hydrogen-bond donors (Lipinski definition) is 0. The van der Waals surface area contributed by atoms with Gasteiger partial charge in [0.15, 0.2) is 0 Å². The van der Waals surface area contributed by atoms with Crippen molar-refractivity contribution in [1.29, 1.82) is 0 Å². The molecule has 1 aromatic heterocycles. The first-order valence-electron chi connectivity index (χ1n) is 10.0. The lowest BCUT2D eigenvalue weighted by Crippen LogP contribution is -2.44. The van der Waals surface area contributed by atoms with E-state index in [4.69, 9.17) is 0 Å². The molecule has 0 spiro atoms. The molecule has 0 aliphatic heterocycles. The van der Waals surface area contributed by atoms with E-state index in [2.05, 4.69) is 41.2 Å². The Morgan fingerprint density at radius 2 is 2.04 bits per heavy atom. The van der Waals surface area contributed by atoms with Crippen molar-refractivity contribution in [2.24, 2.45) is 4.99 Å². The van der Waals surface area contributed by atoms with Crippen molar-refractivity contribution in [3.63, 3.8) is 0 Å². The smallest absolute Gasteiger partial charge is 0.272 e. The van der Waals surface area contributed by atoms with E-state index < -0.39 is 0 Å². The van der Waals surface area contributed by atoms with Crippen LogP contribution in [0.4, 0.5) is 0 Å². The molecule has 1 aromatic carbocycles. The van der Waals surface area contributed by atoms with E-state index >= 15 is 0 Å². The molecule has 0 bridgehead atoms. The Labute approximate surface area is 172 Å². The summed E-state index contributed by atoms with van der Waals surface area (Å²) in [6, 6.07) is 8.85. The molecular weight excluding hydrogens is 366 g/mol. The molecule has 0 saturated heterocycles.